The van der Waals surface area contributed by atoms with Crippen LogP contribution < -0.4 is 20.1 Å². The van der Waals surface area contributed by atoms with E-state index in [0.717, 1.165) is 42.4 Å². The van der Waals surface area contributed by atoms with Gasteiger partial charge in [0.05, 0.1) is 16.1 Å². The maximum atomic E-state index is 6.32. The first-order valence-electron chi connectivity index (χ1n) is 10.1. The molecule has 30 heavy (non-hydrogen) atoms. The summed E-state index contributed by atoms with van der Waals surface area (Å²) in [6.45, 7) is 5.39. The molecular weight excluding hydrogens is 402 g/mol. The van der Waals surface area contributed by atoms with Crippen LogP contribution in [0.4, 0.5) is 0 Å². The molecule has 0 bridgehead atoms. The van der Waals surface area contributed by atoms with Gasteiger partial charge in [-0.05, 0) is 43.2 Å². The molecule has 7 nitrogen and oxygen atoms in total. The SMILES string of the molecule is CN=C(NCCCn1c(C)nc2ccccc21)NCc1cc(Cl)c2c(c1)OCCO2. The van der Waals surface area contributed by atoms with E-state index >= 15 is 0 Å². The molecule has 0 unspecified atom stereocenters. The first-order chi connectivity index (χ1) is 14.7. The van der Waals surface area contributed by atoms with Crippen LogP contribution in [0.25, 0.3) is 11.0 Å². The number of aromatic nitrogens is 2. The lowest BCUT2D eigenvalue weighted by Gasteiger charge is -2.20. The summed E-state index contributed by atoms with van der Waals surface area (Å²) in [5, 5.41) is 7.25. The number of hydrogen-bond donors (Lipinski definition) is 2. The number of hydrogen-bond acceptors (Lipinski definition) is 4. The Hall–Kier alpha value is -2.93. The van der Waals surface area contributed by atoms with Gasteiger partial charge in [-0.15, -0.1) is 0 Å². The zero-order chi connectivity index (χ0) is 20.9. The Balaban J connectivity index is 1.28. The number of benzene rings is 2. The van der Waals surface area contributed by atoms with E-state index in [9.17, 15) is 0 Å². The second-order valence-corrected chi connectivity index (χ2v) is 7.51. The number of aliphatic imine (C=N–C) groups is 1. The van der Waals surface area contributed by atoms with Crippen molar-refractivity contribution in [2.45, 2.75) is 26.4 Å². The van der Waals surface area contributed by atoms with E-state index in [1.165, 1.54) is 5.52 Å². The second kappa shape index (κ2) is 9.26. The van der Waals surface area contributed by atoms with E-state index in [1.807, 2.05) is 37.3 Å². The lowest BCUT2D eigenvalue weighted by Crippen LogP contribution is -2.37. The van der Waals surface area contributed by atoms with Crippen molar-refractivity contribution in [2.75, 3.05) is 26.8 Å². The summed E-state index contributed by atoms with van der Waals surface area (Å²) in [6, 6.07) is 12.1. The van der Waals surface area contributed by atoms with Crippen LogP contribution in [0.15, 0.2) is 41.4 Å². The minimum Gasteiger partial charge on any atom is -0.486 e. The Morgan fingerprint density at radius 1 is 1.20 bits per heavy atom. The fourth-order valence-corrected chi connectivity index (χ4v) is 3.88. The summed E-state index contributed by atoms with van der Waals surface area (Å²) >= 11 is 6.32. The smallest absolute Gasteiger partial charge is 0.191 e. The van der Waals surface area contributed by atoms with Crippen molar-refractivity contribution >= 4 is 28.6 Å². The number of fused-ring (bicyclic) bond motifs is 2. The number of ether oxygens (including phenoxy) is 2. The van der Waals surface area contributed by atoms with Gasteiger partial charge in [-0.1, -0.05) is 23.7 Å². The predicted molar refractivity (Wildman–Crippen MR) is 120 cm³/mol. The Kier molecular flexibility index (Phi) is 6.28. The molecule has 1 aliphatic heterocycles. The van der Waals surface area contributed by atoms with Crippen molar-refractivity contribution in [1.29, 1.82) is 0 Å². The molecule has 2 heterocycles. The van der Waals surface area contributed by atoms with Crippen molar-refractivity contribution in [3.8, 4) is 11.5 Å². The highest BCUT2D eigenvalue weighted by atomic mass is 35.5. The molecule has 0 amide bonds. The van der Waals surface area contributed by atoms with Crippen LogP contribution in [-0.4, -0.2) is 42.3 Å². The quantitative estimate of drug-likeness (QED) is 0.357. The van der Waals surface area contributed by atoms with Gasteiger partial charge in [0.15, 0.2) is 17.5 Å². The molecule has 1 aliphatic rings. The molecule has 8 heteroatoms. The summed E-state index contributed by atoms with van der Waals surface area (Å²) < 4.78 is 13.5. The predicted octanol–water partition coefficient (Wildman–Crippen LogP) is 3.52. The highest BCUT2D eigenvalue weighted by molar-refractivity contribution is 6.32. The average Bonchev–Trinajstić information content (AvgIpc) is 3.08. The number of guanidine groups is 1. The van der Waals surface area contributed by atoms with Crippen molar-refractivity contribution in [3.05, 3.63) is 52.8 Å². The van der Waals surface area contributed by atoms with Crippen molar-refractivity contribution in [1.82, 2.24) is 20.2 Å². The van der Waals surface area contributed by atoms with Gasteiger partial charge in [-0.25, -0.2) is 4.98 Å². The Morgan fingerprint density at radius 3 is 2.90 bits per heavy atom. The number of nitrogens with one attached hydrogen (secondary N) is 2. The van der Waals surface area contributed by atoms with Gasteiger partial charge in [-0.2, -0.15) is 0 Å². The molecule has 0 saturated heterocycles. The van der Waals surface area contributed by atoms with Crippen molar-refractivity contribution in [2.24, 2.45) is 4.99 Å². The van der Waals surface area contributed by atoms with E-state index in [-0.39, 0.29) is 0 Å². The number of nitrogens with zero attached hydrogens (tertiary/aromatic N) is 3. The van der Waals surface area contributed by atoms with E-state index in [1.54, 1.807) is 7.05 Å². The summed E-state index contributed by atoms with van der Waals surface area (Å²) in [6.07, 6.45) is 0.956. The van der Waals surface area contributed by atoms with Crippen LogP contribution >= 0.6 is 11.6 Å². The highest BCUT2D eigenvalue weighted by Gasteiger charge is 2.16. The molecular formula is C22H26ClN5O2. The molecule has 0 saturated carbocycles. The average molecular weight is 428 g/mol. The number of rotatable bonds is 6. The van der Waals surface area contributed by atoms with Crippen LogP contribution in [0.2, 0.25) is 5.02 Å². The van der Waals surface area contributed by atoms with Gasteiger partial charge in [0.25, 0.3) is 0 Å². The van der Waals surface area contributed by atoms with Crippen LogP contribution in [-0.2, 0) is 13.1 Å². The molecule has 2 aromatic carbocycles. The normalized spacial score (nSPS) is 13.5. The summed E-state index contributed by atoms with van der Waals surface area (Å²) in [5.41, 5.74) is 3.22. The molecule has 0 spiro atoms. The molecule has 0 aliphatic carbocycles. The third-order valence-electron chi connectivity index (χ3n) is 5.04. The maximum absolute atomic E-state index is 6.32. The summed E-state index contributed by atoms with van der Waals surface area (Å²) in [4.78, 5) is 8.92. The Morgan fingerprint density at radius 2 is 2.03 bits per heavy atom. The highest BCUT2D eigenvalue weighted by Crippen LogP contribution is 2.38. The Bertz CT molecular complexity index is 1060. The summed E-state index contributed by atoms with van der Waals surface area (Å²) in [5.74, 6) is 3.09. The zero-order valence-corrected chi connectivity index (χ0v) is 18.0. The summed E-state index contributed by atoms with van der Waals surface area (Å²) in [7, 11) is 1.76. The molecule has 0 fully saturated rings. The van der Waals surface area contributed by atoms with Crippen LogP contribution in [0.5, 0.6) is 11.5 Å². The maximum Gasteiger partial charge on any atom is 0.191 e. The zero-order valence-electron chi connectivity index (χ0n) is 17.2. The third kappa shape index (κ3) is 4.46. The molecule has 0 radical (unpaired) electrons. The minimum absolute atomic E-state index is 0.523. The van der Waals surface area contributed by atoms with Gasteiger partial charge in [0, 0.05) is 26.7 Å². The van der Waals surface area contributed by atoms with E-state index in [2.05, 4.69) is 31.2 Å². The fraction of sp³-hybridized carbons (Fsp3) is 0.364. The largest absolute Gasteiger partial charge is 0.486 e. The minimum atomic E-state index is 0.523. The van der Waals surface area contributed by atoms with Crippen LogP contribution in [0.3, 0.4) is 0 Å². The number of para-hydroxylation sites is 2. The van der Waals surface area contributed by atoms with Gasteiger partial charge < -0.3 is 24.7 Å². The standard InChI is InChI=1S/C22H26ClN5O2/c1-15-27-18-6-3-4-7-19(18)28(15)9-5-8-25-22(24-2)26-14-16-12-17(23)21-20(13-16)29-10-11-30-21/h3-4,6-7,12-13H,5,8-11,14H2,1-2H3,(H2,24,25,26). The van der Waals surface area contributed by atoms with Crippen molar-refractivity contribution < 1.29 is 9.47 Å². The second-order valence-electron chi connectivity index (χ2n) is 7.11. The number of imidazole rings is 1. The third-order valence-corrected chi connectivity index (χ3v) is 5.32. The van der Waals surface area contributed by atoms with Crippen LogP contribution in [0.1, 0.15) is 17.8 Å². The topological polar surface area (TPSA) is 72.7 Å². The monoisotopic (exact) mass is 427 g/mol. The molecule has 1 aromatic heterocycles. The van der Waals surface area contributed by atoms with Crippen LogP contribution in [0, 0.1) is 6.92 Å². The van der Waals surface area contributed by atoms with E-state index < -0.39 is 0 Å². The van der Waals surface area contributed by atoms with Crippen molar-refractivity contribution in [3.63, 3.8) is 0 Å². The molecule has 4 rings (SSSR count). The van der Waals surface area contributed by atoms with Gasteiger partial charge in [-0.3, -0.25) is 4.99 Å². The molecule has 3 aromatic rings. The van der Waals surface area contributed by atoms with Gasteiger partial charge >= 0.3 is 0 Å². The molecule has 158 valence electrons. The van der Waals surface area contributed by atoms with Gasteiger partial charge in [0.2, 0.25) is 0 Å². The first-order valence-corrected chi connectivity index (χ1v) is 10.5. The lowest BCUT2D eigenvalue weighted by atomic mass is 10.2. The molecule has 2 N–H and O–H groups in total. The number of aryl methyl sites for hydroxylation is 2. The number of halogens is 1. The lowest BCUT2D eigenvalue weighted by molar-refractivity contribution is 0.171. The van der Waals surface area contributed by atoms with E-state index in [0.29, 0.717) is 36.3 Å². The molecule has 0 atom stereocenters. The first kappa shape index (κ1) is 20.3. The Labute approximate surface area is 181 Å². The fourth-order valence-electron chi connectivity index (χ4n) is 3.59. The van der Waals surface area contributed by atoms with Gasteiger partial charge in [0.1, 0.15) is 19.0 Å². The van der Waals surface area contributed by atoms with E-state index in [4.69, 9.17) is 21.1 Å².